The minimum absolute atomic E-state index is 0.141. The van der Waals surface area contributed by atoms with Gasteiger partial charge in [0.2, 0.25) is 11.0 Å². The highest BCUT2D eigenvalue weighted by atomic mass is 32.2. The van der Waals surface area contributed by atoms with Crippen molar-refractivity contribution in [1.29, 1.82) is 0 Å². The van der Waals surface area contributed by atoms with Gasteiger partial charge in [-0.25, -0.2) is 0 Å². The molecule has 26 heavy (non-hydrogen) atoms. The Morgan fingerprint density at radius 3 is 2.73 bits per heavy atom. The van der Waals surface area contributed by atoms with Crippen LogP contribution in [-0.4, -0.2) is 46.8 Å². The van der Waals surface area contributed by atoms with Gasteiger partial charge in [0.15, 0.2) is 5.01 Å². The summed E-state index contributed by atoms with van der Waals surface area (Å²) in [5, 5.41) is 11.6. The third-order valence-corrected chi connectivity index (χ3v) is 5.59. The second-order valence-corrected chi connectivity index (χ2v) is 7.28. The predicted octanol–water partition coefficient (Wildman–Crippen LogP) is 3.23. The number of ether oxygens (including phenoxy) is 2. The number of hydrogen-bond acceptors (Lipinski definition) is 8. The van der Waals surface area contributed by atoms with Crippen LogP contribution >= 0.6 is 23.1 Å². The quantitative estimate of drug-likeness (QED) is 0.652. The average molecular weight is 396 g/mol. The molecule has 1 N–H and O–H groups in total. The van der Waals surface area contributed by atoms with E-state index in [1.165, 1.54) is 23.1 Å². The topological polar surface area (TPSA) is 90.4 Å². The molecule has 0 saturated heterocycles. The Hall–Kier alpha value is -2.13. The number of thioether (sulfide) groups is 1. The summed E-state index contributed by atoms with van der Waals surface area (Å²) in [4.78, 5) is 23.9. The zero-order valence-electron chi connectivity index (χ0n) is 14.9. The molecule has 2 aromatic rings. The minimum atomic E-state index is -0.363. The molecule has 2 rings (SSSR count). The molecule has 0 aliphatic heterocycles. The van der Waals surface area contributed by atoms with E-state index in [0.29, 0.717) is 28.9 Å². The third kappa shape index (κ3) is 5.43. The fourth-order valence-electron chi connectivity index (χ4n) is 2.14. The molecule has 1 heterocycles. The van der Waals surface area contributed by atoms with E-state index in [1.54, 1.807) is 14.0 Å². The van der Waals surface area contributed by atoms with E-state index in [-0.39, 0.29) is 22.9 Å². The maximum Gasteiger partial charge on any atom is 0.315 e. The molecular weight excluding hydrogens is 374 g/mol. The summed E-state index contributed by atoms with van der Waals surface area (Å²) in [5.41, 5.74) is 0.816. The molecule has 1 atom stereocenters. The fraction of sp³-hybridized carbons (Fsp3) is 0.412. The van der Waals surface area contributed by atoms with E-state index in [1.807, 2.05) is 31.2 Å². The lowest BCUT2D eigenvalue weighted by Crippen LogP contribution is -2.26. The lowest BCUT2D eigenvalue weighted by molar-refractivity contribution is -0.139. The van der Waals surface area contributed by atoms with Crippen LogP contribution in [0.1, 0.15) is 20.3 Å². The summed E-state index contributed by atoms with van der Waals surface area (Å²) in [5.74, 6) is 0.308. The van der Waals surface area contributed by atoms with Crippen molar-refractivity contribution >= 4 is 40.1 Å². The number of para-hydroxylation sites is 1. The summed E-state index contributed by atoms with van der Waals surface area (Å²) in [6.45, 7) is 3.98. The number of nitrogens with zero attached hydrogens (tertiary/aromatic N) is 2. The number of amides is 1. The van der Waals surface area contributed by atoms with Crippen LogP contribution in [0, 0.1) is 0 Å². The Morgan fingerprint density at radius 1 is 1.27 bits per heavy atom. The zero-order valence-corrected chi connectivity index (χ0v) is 16.5. The standard InChI is InChI=1S/C17H21N3O4S2/c1-4-13(25-10-14(21)24-5-2)15(22)18-17-20-19-16(26-17)11-8-6-7-9-12(11)23-3/h6-9,13H,4-5,10H2,1-3H3,(H,18,20,22). The van der Waals surface area contributed by atoms with Gasteiger partial charge in [-0.15, -0.1) is 22.0 Å². The molecule has 0 bridgehead atoms. The molecule has 0 fully saturated rings. The molecule has 0 saturated carbocycles. The summed E-state index contributed by atoms with van der Waals surface area (Å²) in [7, 11) is 1.59. The predicted molar refractivity (Wildman–Crippen MR) is 104 cm³/mol. The number of benzene rings is 1. The summed E-state index contributed by atoms with van der Waals surface area (Å²) in [6.07, 6.45) is 0.591. The number of nitrogens with one attached hydrogen (secondary N) is 1. The Labute approximate surface area is 160 Å². The van der Waals surface area contributed by atoms with Crippen molar-refractivity contribution in [3.63, 3.8) is 0 Å². The Balaban J connectivity index is 2.00. The number of hydrogen-bond donors (Lipinski definition) is 1. The van der Waals surface area contributed by atoms with Crippen LogP contribution in [0.2, 0.25) is 0 Å². The largest absolute Gasteiger partial charge is 0.496 e. The first kappa shape index (κ1) is 20.2. The van der Waals surface area contributed by atoms with Gasteiger partial charge in [0.1, 0.15) is 5.75 Å². The smallest absolute Gasteiger partial charge is 0.315 e. The maximum atomic E-state index is 12.4. The number of rotatable bonds is 9. The molecule has 9 heteroatoms. The third-order valence-electron chi connectivity index (χ3n) is 3.36. The molecule has 0 radical (unpaired) electrons. The number of carbonyl (C=O) groups is 2. The van der Waals surface area contributed by atoms with Crippen molar-refractivity contribution < 1.29 is 19.1 Å². The Bertz CT molecular complexity index is 751. The highest BCUT2D eigenvalue weighted by molar-refractivity contribution is 8.01. The monoisotopic (exact) mass is 395 g/mol. The van der Waals surface area contributed by atoms with E-state index in [4.69, 9.17) is 9.47 Å². The van der Waals surface area contributed by atoms with Gasteiger partial charge < -0.3 is 9.47 Å². The van der Waals surface area contributed by atoms with Crippen LogP contribution in [0.15, 0.2) is 24.3 Å². The number of methoxy groups -OCH3 is 1. The number of aromatic nitrogens is 2. The van der Waals surface area contributed by atoms with Crippen LogP contribution < -0.4 is 10.1 Å². The lowest BCUT2D eigenvalue weighted by Gasteiger charge is -2.12. The Morgan fingerprint density at radius 2 is 2.04 bits per heavy atom. The van der Waals surface area contributed by atoms with Crippen molar-refractivity contribution in [1.82, 2.24) is 10.2 Å². The van der Waals surface area contributed by atoms with Gasteiger partial charge in [0.05, 0.1) is 30.3 Å². The Kier molecular flexibility index (Phi) is 7.86. The minimum Gasteiger partial charge on any atom is -0.496 e. The van der Waals surface area contributed by atoms with E-state index < -0.39 is 0 Å². The lowest BCUT2D eigenvalue weighted by atomic mass is 10.2. The van der Waals surface area contributed by atoms with Crippen LogP contribution in [0.4, 0.5) is 5.13 Å². The first-order valence-corrected chi connectivity index (χ1v) is 10.0. The molecule has 0 spiro atoms. The molecule has 1 amide bonds. The second-order valence-electron chi connectivity index (χ2n) is 5.11. The van der Waals surface area contributed by atoms with Gasteiger partial charge in [-0.1, -0.05) is 30.4 Å². The molecule has 7 nitrogen and oxygen atoms in total. The van der Waals surface area contributed by atoms with Gasteiger partial charge in [-0.05, 0) is 25.5 Å². The molecule has 1 aromatic carbocycles. The van der Waals surface area contributed by atoms with Gasteiger partial charge in [-0.3, -0.25) is 14.9 Å². The van der Waals surface area contributed by atoms with Crippen molar-refractivity contribution in [3.8, 4) is 16.3 Å². The van der Waals surface area contributed by atoms with E-state index in [9.17, 15) is 9.59 Å². The van der Waals surface area contributed by atoms with Crippen molar-refractivity contribution in [2.45, 2.75) is 25.5 Å². The summed E-state index contributed by atoms with van der Waals surface area (Å²) >= 11 is 2.53. The van der Waals surface area contributed by atoms with Gasteiger partial charge in [-0.2, -0.15) is 0 Å². The molecular formula is C17H21N3O4S2. The van der Waals surface area contributed by atoms with Gasteiger partial charge >= 0.3 is 5.97 Å². The molecule has 0 aliphatic carbocycles. The first-order chi connectivity index (χ1) is 12.6. The molecule has 1 unspecified atom stereocenters. The first-order valence-electron chi connectivity index (χ1n) is 8.14. The van der Waals surface area contributed by atoms with Crippen LogP contribution in [0.3, 0.4) is 0 Å². The van der Waals surface area contributed by atoms with Crippen molar-refractivity contribution in [2.24, 2.45) is 0 Å². The molecule has 0 aliphatic rings. The maximum absolute atomic E-state index is 12.4. The summed E-state index contributed by atoms with van der Waals surface area (Å²) < 4.78 is 10.2. The van der Waals surface area contributed by atoms with Gasteiger partial charge in [0.25, 0.3) is 0 Å². The normalized spacial score (nSPS) is 11.7. The summed E-state index contributed by atoms with van der Waals surface area (Å²) in [6, 6.07) is 7.48. The zero-order chi connectivity index (χ0) is 18.9. The molecule has 1 aromatic heterocycles. The second kappa shape index (κ2) is 10.1. The molecule has 140 valence electrons. The average Bonchev–Trinajstić information content (AvgIpc) is 3.10. The number of anilines is 1. The van der Waals surface area contributed by atoms with Crippen LogP contribution in [0.5, 0.6) is 5.75 Å². The van der Waals surface area contributed by atoms with Crippen molar-refractivity contribution in [2.75, 3.05) is 24.8 Å². The highest BCUT2D eigenvalue weighted by Gasteiger charge is 2.21. The van der Waals surface area contributed by atoms with Crippen LogP contribution in [-0.2, 0) is 14.3 Å². The fourth-order valence-corrected chi connectivity index (χ4v) is 3.78. The SMILES string of the molecule is CCOC(=O)CSC(CC)C(=O)Nc1nnc(-c2ccccc2OC)s1. The highest BCUT2D eigenvalue weighted by Crippen LogP contribution is 2.33. The van der Waals surface area contributed by atoms with Crippen molar-refractivity contribution in [3.05, 3.63) is 24.3 Å². The number of esters is 1. The van der Waals surface area contributed by atoms with E-state index in [0.717, 1.165) is 5.56 Å². The number of carbonyl (C=O) groups excluding carboxylic acids is 2. The van der Waals surface area contributed by atoms with E-state index >= 15 is 0 Å². The van der Waals surface area contributed by atoms with Crippen LogP contribution in [0.25, 0.3) is 10.6 Å². The van der Waals surface area contributed by atoms with E-state index in [2.05, 4.69) is 15.5 Å². The van der Waals surface area contributed by atoms with Gasteiger partial charge in [0, 0.05) is 0 Å².